The second kappa shape index (κ2) is 8.88. The Bertz CT molecular complexity index is 951. The van der Waals surface area contributed by atoms with Crippen molar-refractivity contribution in [1.29, 1.82) is 0 Å². The predicted octanol–water partition coefficient (Wildman–Crippen LogP) is 3.83. The lowest BCUT2D eigenvalue weighted by molar-refractivity contribution is 0.0935. The number of ether oxygens (including phenoxy) is 2. The first-order valence-electron chi connectivity index (χ1n) is 9.08. The number of carbonyl (C=O) groups excluding carboxylic acids is 1. The van der Waals surface area contributed by atoms with Crippen molar-refractivity contribution in [2.45, 2.75) is 26.3 Å². The molecule has 2 aromatic heterocycles. The molecule has 1 atom stereocenters. The van der Waals surface area contributed by atoms with Gasteiger partial charge in [-0.1, -0.05) is 13.0 Å². The van der Waals surface area contributed by atoms with Crippen molar-refractivity contribution in [3.63, 3.8) is 0 Å². The number of nitrogens with one attached hydrogen (secondary N) is 1. The van der Waals surface area contributed by atoms with Crippen LogP contribution in [0.2, 0.25) is 0 Å². The average molecular weight is 401 g/mol. The highest BCUT2D eigenvalue weighted by atomic mass is 32.1. The van der Waals surface area contributed by atoms with Gasteiger partial charge in [0.2, 0.25) is 0 Å². The zero-order valence-corrected chi connectivity index (χ0v) is 17.2. The van der Waals surface area contributed by atoms with Gasteiger partial charge >= 0.3 is 0 Å². The number of carbonyl (C=O) groups is 1. The molecule has 0 aliphatic rings. The molecule has 148 valence electrons. The first-order valence-corrected chi connectivity index (χ1v) is 9.96. The molecule has 0 bridgehead atoms. The Labute approximate surface area is 168 Å². The fourth-order valence-electron chi connectivity index (χ4n) is 2.68. The van der Waals surface area contributed by atoms with Gasteiger partial charge in [-0.05, 0) is 31.0 Å². The Balaban J connectivity index is 1.69. The van der Waals surface area contributed by atoms with Gasteiger partial charge in [0.25, 0.3) is 5.91 Å². The minimum absolute atomic E-state index is 0.204. The molecule has 28 heavy (non-hydrogen) atoms. The van der Waals surface area contributed by atoms with Crippen LogP contribution in [0.1, 0.15) is 42.4 Å². The Morgan fingerprint density at radius 3 is 2.86 bits per heavy atom. The van der Waals surface area contributed by atoms with E-state index in [0.29, 0.717) is 23.8 Å². The Kier molecular flexibility index (Phi) is 6.30. The zero-order chi connectivity index (χ0) is 20.1. The average Bonchev–Trinajstić information content (AvgIpc) is 3.35. The largest absolute Gasteiger partial charge is 0.493 e. The van der Waals surface area contributed by atoms with Crippen molar-refractivity contribution in [2.24, 2.45) is 7.05 Å². The smallest absolute Gasteiger partial charge is 0.271 e. The van der Waals surface area contributed by atoms with Gasteiger partial charge in [-0.2, -0.15) is 5.10 Å². The van der Waals surface area contributed by atoms with E-state index < -0.39 is 0 Å². The second-order valence-electron chi connectivity index (χ2n) is 6.39. The van der Waals surface area contributed by atoms with Crippen LogP contribution in [-0.2, 0) is 7.05 Å². The van der Waals surface area contributed by atoms with E-state index in [1.165, 1.54) is 11.3 Å². The maximum absolute atomic E-state index is 12.6. The quantitative estimate of drug-likeness (QED) is 0.622. The summed E-state index contributed by atoms with van der Waals surface area (Å²) < 4.78 is 12.8. The predicted molar refractivity (Wildman–Crippen MR) is 109 cm³/mol. The molecule has 0 saturated carbocycles. The molecular formula is C20H24N4O3S. The van der Waals surface area contributed by atoms with Crippen LogP contribution in [0.25, 0.3) is 10.6 Å². The molecule has 0 spiro atoms. The molecule has 1 aromatic carbocycles. The third-order valence-electron chi connectivity index (χ3n) is 4.19. The Morgan fingerprint density at radius 2 is 2.18 bits per heavy atom. The van der Waals surface area contributed by atoms with Gasteiger partial charge < -0.3 is 14.8 Å². The Hall–Kier alpha value is -2.87. The molecule has 8 heteroatoms. The van der Waals surface area contributed by atoms with Crippen molar-refractivity contribution >= 4 is 17.2 Å². The lowest BCUT2D eigenvalue weighted by Gasteiger charge is -2.16. The molecule has 0 aliphatic carbocycles. The molecule has 1 amide bonds. The van der Waals surface area contributed by atoms with Crippen LogP contribution in [0.5, 0.6) is 11.5 Å². The fourth-order valence-corrected chi connectivity index (χ4v) is 3.46. The third-order valence-corrected chi connectivity index (χ3v) is 5.08. The molecule has 2 heterocycles. The van der Waals surface area contributed by atoms with Crippen molar-refractivity contribution in [3.05, 3.63) is 47.2 Å². The number of aryl methyl sites for hydroxylation is 1. The number of rotatable bonds is 8. The molecule has 0 fully saturated rings. The number of aromatic nitrogens is 3. The molecule has 3 aromatic rings. The van der Waals surface area contributed by atoms with Gasteiger partial charge in [0.15, 0.2) is 11.5 Å². The highest BCUT2D eigenvalue weighted by molar-refractivity contribution is 7.13. The zero-order valence-electron chi connectivity index (χ0n) is 16.4. The molecule has 0 aliphatic heterocycles. The van der Waals surface area contributed by atoms with E-state index in [9.17, 15) is 4.79 Å². The van der Waals surface area contributed by atoms with Gasteiger partial charge in [0.1, 0.15) is 10.7 Å². The standard InChI is InChI=1S/C20H24N4O3S/c1-5-8-27-17-7-6-14(9-18(17)26-4)13(2)22-19(25)16-12-28-20(23-16)15-10-21-24(3)11-15/h6-7,9-13H,5,8H2,1-4H3,(H,22,25). The first kappa shape index (κ1) is 19.9. The van der Waals surface area contributed by atoms with Crippen molar-refractivity contribution < 1.29 is 14.3 Å². The van der Waals surface area contributed by atoms with Crippen molar-refractivity contribution in [2.75, 3.05) is 13.7 Å². The van der Waals surface area contributed by atoms with Gasteiger partial charge in [0.05, 0.1) is 26.0 Å². The fraction of sp³-hybridized carbons (Fsp3) is 0.350. The van der Waals surface area contributed by atoms with Crippen LogP contribution in [0, 0.1) is 0 Å². The van der Waals surface area contributed by atoms with Gasteiger partial charge in [-0.3, -0.25) is 9.48 Å². The van der Waals surface area contributed by atoms with Crippen LogP contribution in [0.4, 0.5) is 0 Å². The van der Waals surface area contributed by atoms with E-state index in [-0.39, 0.29) is 11.9 Å². The summed E-state index contributed by atoms with van der Waals surface area (Å²) in [5, 5.41) is 9.65. The molecule has 0 saturated heterocycles. The van der Waals surface area contributed by atoms with Crippen LogP contribution >= 0.6 is 11.3 Å². The summed E-state index contributed by atoms with van der Waals surface area (Å²) in [6.45, 7) is 4.61. The van der Waals surface area contributed by atoms with E-state index >= 15 is 0 Å². The highest BCUT2D eigenvalue weighted by Crippen LogP contribution is 2.30. The van der Waals surface area contributed by atoms with Crippen LogP contribution < -0.4 is 14.8 Å². The molecule has 0 radical (unpaired) electrons. The summed E-state index contributed by atoms with van der Waals surface area (Å²) >= 11 is 1.42. The molecular weight excluding hydrogens is 376 g/mol. The summed E-state index contributed by atoms with van der Waals surface area (Å²) in [5.41, 5.74) is 2.22. The van der Waals surface area contributed by atoms with Crippen LogP contribution in [0.15, 0.2) is 36.0 Å². The van der Waals surface area contributed by atoms with Gasteiger partial charge in [-0.15, -0.1) is 11.3 Å². The topological polar surface area (TPSA) is 78.3 Å². The number of hydrogen-bond acceptors (Lipinski definition) is 6. The SMILES string of the molecule is CCCOc1ccc(C(C)NC(=O)c2csc(-c3cnn(C)c3)n2)cc1OC. The molecule has 7 nitrogen and oxygen atoms in total. The van der Waals surface area contributed by atoms with Gasteiger partial charge in [-0.25, -0.2) is 4.98 Å². The number of thiazole rings is 1. The first-order chi connectivity index (χ1) is 13.5. The molecule has 1 unspecified atom stereocenters. The van der Waals surface area contributed by atoms with E-state index in [1.54, 1.807) is 23.4 Å². The van der Waals surface area contributed by atoms with Gasteiger partial charge in [0, 0.05) is 24.2 Å². The highest BCUT2D eigenvalue weighted by Gasteiger charge is 2.17. The van der Waals surface area contributed by atoms with E-state index in [0.717, 1.165) is 22.6 Å². The van der Waals surface area contributed by atoms with Crippen molar-refractivity contribution in [1.82, 2.24) is 20.1 Å². The van der Waals surface area contributed by atoms with E-state index in [2.05, 4.69) is 22.3 Å². The van der Waals surface area contributed by atoms with Crippen LogP contribution in [0.3, 0.4) is 0 Å². The summed E-state index contributed by atoms with van der Waals surface area (Å²) in [6, 6.07) is 5.49. The monoisotopic (exact) mass is 400 g/mol. The maximum Gasteiger partial charge on any atom is 0.271 e. The maximum atomic E-state index is 12.6. The van der Waals surface area contributed by atoms with E-state index in [4.69, 9.17) is 9.47 Å². The Morgan fingerprint density at radius 1 is 1.36 bits per heavy atom. The molecule has 3 rings (SSSR count). The lowest BCUT2D eigenvalue weighted by Crippen LogP contribution is -2.26. The normalized spacial score (nSPS) is 11.9. The van der Waals surface area contributed by atoms with E-state index in [1.807, 2.05) is 38.4 Å². The van der Waals surface area contributed by atoms with Crippen molar-refractivity contribution in [3.8, 4) is 22.1 Å². The summed E-state index contributed by atoms with van der Waals surface area (Å²) in [6.07, 6.45) is 4.53. The number of methoxy groups -OCH3 is 1. The minimum atomic E-state index is -0.218. The third kappa shape index (κ3) is 4.51. The second-order valence-corrected chi connectivity index (χ2v) is 7.25. The number of benzene rings is 1. The minimum Gasteiger partial charge on any atom is -0.493 e. The van der Waals surface area contributed by atoms with Crippen LogP contribution in [-0.4, -0.2) is 34.4 Å². The summed E-state index contributed by atoms with van der Waals surface area (Å²) in [5.74, 6) is 1.14. The summed E-state index contributed by atoms with van der Waals surface area (Å²) in [4.78, 5) is 17.0. The number of hydrogen-bond donors (Lipinski definition) is 1. The molecule has 1 N–H and O–H groups in total. The lowest BCUT2D eigenvalue weighted by atomic mass is 10.1. The number of amides is 1. The number of nitrogens with zero attached hydrogens (tertiary/aromatic N) is 3. The summed E-state index contributed by atoms with van der Waals surface area (Å²) in [7, 11) is 3.45.